The summed E-state index contributed by atoms with van der Waals surface area (Å²) in [6, 6.07) is 41.2. The number of aliphatic hydroxyl groups excluding tert-OH is 2. The molecule has 0 fully saturated rings. The third kappa shape index (κ3) is 8.04. The zero-order valence-electron chi connectivity index (χ0n) is 25.8. The Labute approximate surface area is 293 Å². The van der Waals surface area contributed by atoms with Gasteiger partial charge in [0.25, 0.3) is 0 Å². The number of rotatable bonds is 11. The van der Waals surface area contributed by atoms with Crippen LogP contribution >= 0.6 is 0 Å². The fourth-order valence-corrected chi connectivity index (χ4v) is 6.02. The molecule has 5 aromatic carbocycles. The van der Waals surface area contributed by atoms with Crippen LogP contribution in [0.1, 0.15) is 12.0 Å². The third-order valence-electron chi connectivity index (χ3n) is 8.15. The Bertz CT molecular complexity index is 1820. The van der Waals surface area contributed by atoms with E-state index in [-0.39, 0.29) is 37.7 Å². The van der Waals surface area contributed by atoms with Gasteiger partial charge in [-0.3, -0.25) is 0 Å². The van der Waals surface area contributed by atoms with E-state index in [0.29, 0.717) is 26.1 Å². The Balaban J connectivity index is 0.000000536. The summed E-state index contributed by atoms with van der Waals surface area (Å²) in [5.74, 6) is 0.747. The van der Waals surface area contributed by atoms with Gasteiger partial charge in [-0.1, -0.05) is 54.6 Å². The Hall–Kier alpha value is -3.57. The molecule has 0 aliphatic rings. The van der Waals surface area contributed by atoms with Crippen molar-refractivity contribution in [2.45, 2.75) is 25.0 Å². The van der Waals surface area contributed by atoms with Gasteiger partial charge in [0.15, 0.2) is 0 Å². The van der Waals surface area contributed by atoms with Crippen LogP contribution in [-0.2, 0) is 6.42 Å². The van der Waals surface area contributed by atoms with E-state index in [4.69, 9.17) is 4.74 Å². The number of para-hydroxylation sites is 2. The van der Waals surface area contributed by atoms with Crippen molar-refractivity contribution in [2.75, 3.05) is 26.2 Å². The fourth-order valence-electron chi connectivity index (χ4n) is 6.02. The first-order valence-corrected chi connectivity index (χ1v) is 15.5. The summed E-state index contributed by atoms with van der Waals surface area (Å²) in [5, 5.41) is 26.2. The van der Waals surface area contributed by atoms with Crippen molar-refractivity contribution in [3.05, 3.63) is 134 Å². The molecule has 46 heavy (non-hydrogen) atoms. The van der Waals surface area contributed by atoms with Gasteiger partial charge in [0.2, 0.25) is 0 Å². The number of aromatic nitrogens is 2. The number of fused-ring (bicyclic) bond motifs is 6. The van der Waals surface area contributed by atoms with Crippen LogP contribution in [0, 0.1) is 44.1 Å². The topological polar surface area (TPSA) is 84.5 Å². The molecule has 232 valence electrons. The van der Waals surface area contributed by atoms with Gasteiger partial charge in [0, 0.05) is 51.2 Å². The molecule has 0 bridgehead atoms. The summed E-state index contributed by atoms with van der Waals surface area (Å²) in [6.07, 6.45) is 0.162. The smallest absolute Gasteiger partial charge is 0.490 e. The molecule has 4 N–H and O–H groups in total. The number of nitrogens with zero attached hydrogens (tertiary/aromatic N) is 1. The molecule has 0 aliphatic heterocycles. The zero-order valence-corrected chi connectivity index (χ0v) is 30.0. The first-order valence-electron chi connectivity index (χ1n) is 15.5. The molecule has 0 saturated carbocycles. The fraction of sp³-hybridized carbons (Fsp3) is 0.205. The van der Waals surface area contributed by atoms with Gasteiger partial charge < -0.3 is 36.7 Å². The molecule has 2 unspecified atom stereocenters. The number of ether oxygens (including phenoxy) is 1. The molecule has 6 nitrogen and oxygen atoms in total. The van der Waals surface area contributed by atoms with E-state index < -0.39 is 12.2 Å². The van der Waals surface area contributed by atoms with Crippen molar-refractivity contribution in [3.8, 4) is 5.75 Å². The van der Waals surface area contributed by atoms with E-state index in [1.807, 2.05) is 77.7 Å². The second-order valence-electron chi connectivity index (χ2n) is 11.4. The van der Waals surface area contributed by atoms with Gasteiger partial charge in [-0.25, -0.2) is 0 Å². The molecule has 7 heteroatoms. The minimum absolute atomic E-state index is 0. The van der Waals surface area contributed by atoms with Crippen LogP contribution in [0.2, 0.25) is 0 Å². The predicted octanol–water partition coefficient (Wildman–Crippen LogP) is 7.31. The number of hydrogen-bond donors (Lipinski definition) is 4. The Morgan fingerprint density at radius 2 is 1.26 bits per heavy atom. The molecule has 0 spiro atoms. The van der Waals surface area contributed by atoms with Gasteiger partial charge in [-0.05, 0) is 48.7 Å². The van der Waals surface area contributed by atoms with Crippen LogP contribution in [0.4, 0.5) is 0 Å². The van der Waals surface area contributed by atoms with E-state index in [0.717, 1.165) is 45.0 Å². The summed E-state index contributed by atoms with van der Waals surface area (Å²) in [7, 11) is 0. The van der Waals surface area contributed by atoms with Gasteiger partial charge >= 0.3 is 31.1 Å². The summed E-state index contributed by atoms with van der Waals surface area (Å²) in [5.41, 5.74) is 5.54. The van der Waals surface area contributed by atoms with Crippen LogP contribution in [0.3, 0.4) is 0 Å². The number of aromatic amines is 2. The van der Waals surface area contributed by atoms with Crippen molar-refractivity contribution < 1.29 is 46.1 Å². The van der Waals surface area contributed by atoms with Gasteiger partial charge in [-0.15, -0.1) is 6.54 Å². The van der Waals surface area contributed by atoms with E-state index in [9.17, 15) is 10.2 Å². The van der Waals surface area contributed by atoms with E-state index in [1.165, 1.54) is 16.3 Å². The number of aliphatic hydroxyl groups is 2. The van der Waals surface area contributed by atoms with E-state index in [2.05, 4.69) is 65.4 Å². The van der Waals surface area contributed by atoms with Crippen LogP contribution < -0.4 is 4.74 Å². The van der Waals surface area contributed by atoms with Crippen LogP contribution in [0.15, 0.2) is 115 Å². The monoisotopic (exact) mass is 835 g/mol. The number of aryl methyl sites for hydroxylation is 1. The number of H-pyrrole nitrogens is 2. The molecule has 0 saturated heterocycles. The Morgan fingerprint density at radius 1 is 0.674 bits per heavy atom. The maximum Gasteiger partial charge on any atom is 2.00 e. The molecule has 2 heterocycles. The summed E-state index contributed by atoms with van der Waals surface area (Å²) in [6.45, 7) is 5.49. The molecule has 7 aromatic rings. The van der Waals surface area contributed by atoms with E-state index >= 15 is 0 Å². The standard InChI is InChI=1S/C33H34N3O3.C6H5.U/c1-2-36(19-23(37)18-17-22-9-7-14-29-32(22)25-10-3-5-12-27(25)34-29)20-24(38)21-39-31-16-8-15-30-33(31)26-11-4-6-13-28(26)35-30;1-2-4-6-5-3-1;/h3-16,23-24,34-35,37-38H,1-2,17-21H2;1-5H;/q2*-1;+2. The second kappa shape index (κ2) is 16.3. The largest absolute Gasteiger partial charge is 2.00 e. The maximum atomic E-state index is 10.9. The molecule has 0 amide bonds. The molecule has 0 radical (unpaired) electrons. The summed E-state index contributed by atoms with van der Waals surface area (Å²) >= 11 is 0. The van der Waals surface area contributed by atoms with Crippen LogP contribution in [0.25, 0.3) is 43.6 Å². The van der Waals surface area contributed by atoms with Gasteiger partial charge in [-0.2, -0.15) is 36.4 Å². The first kappa shape index (κ1) is 33.8. The van der Waals surface area contributed by atoms with Crippen LogP contribution in [0.5, 0.6) is 5.75 Å². The van der Waals surface area contributed by atoms with Gasteiger partial charge in [0.05, 0.1) is 11.6 Å². The molecule has 7 rings (SSSR count). The molecule has 2 atom stereocenters. The average Bonchev–Trinajstić information content (AvgIpc) is 3.66. The van der Waals surface area contributed by atoms with Crippen LogP contribution in [-0.4, -0.2) is 63.5 Å². The van der Waals surface area contributed by atoms with Crippen molar-refractivity contribution in [1.29, 1.82) is 0 Å². The minimum Gasteiger partial charge on any atom is -0.490 e. The van der Waals surface area contributed by atoms with Crippen molar-refractivity contribution in [3.63, 3.8) is 0 Å². The zero-order chi connectivity index (χ0) is 31.0. The molecule has 2 aromatic heterocycles. The Morgan fingerprint density at radius 3 is 1.89 bits per heavy atom. The Kier molecular flexibility index (Phi) is 12.0. The quantitative estimate of drug-likeness (QED) is 0.103. The molecular weight excluding hydrogens is 796 g/mol. The molecular formula is C39H39N3O3U. The van der Waals surface area contributed by atoms with Crippen molar-refractivity contribution in [1.82, 2.24) is 14.9 Å². The number of nitrogens with one attached hydrogen (secondary N) is 2. The predicted molar refractivity (Wildman–Crippen MR) is 185 cm³/mol. The normalized spacial score (nSPS) is 12.6. The summed E-state index contributed by atoms with van der Waals surface area (Å²) in [4.78, 5) is 8.89. The maximum absolute atomic E-state index is 10.9. The number of hydrogen-bond acceptors (Lipinski definition) is 4. The molecule has 0 aliphatic carbocycles. The van der Waals surface area contributed by atoms with Gasteiger partial charge in [0.1, 0.15) is 18.5 Å². The minimum atomic E-state index is -0.709. The third-order valence-corrected chi connectivity index (χ3v) is 8.15. The van der Waals surface area contributed by atoms with Crippen molar-refractivity contribution >= 4 is 43.6 Å². The SMILES string of the molecule is [CH2-]CN(CC(O)CCc1cccc2[nH]c3ccccc3c12)CC(O)COc1cccc2[nH]c3ccccc3c12.[U+2].[c-]1ccccc1. The van der Waals surface area contributed by atoms with E-state index in [1.54, 1.807) is 0 Å². The first-order chi connectivity index (χ1) is 22.1. The van der Waals surface area contributed by atoms with Crippen molar-refractivity contribution in [2.24, 2.45) is 0 Å². The summed E-state index contributed by atoms with van der Waals surface area (Å²) < 4.78 is 6.09. The number of benzene rings is 5. The average molecular weight is 836 g/mol. The second-order valence-corrected chi connectivity index (χ2v) is 11.4.